The Morgan fingerprint density at radius 2 is 2.00 bits per heavy atom. The second kappa shape index (κ2) is 5.18. The summed E-state index contributed by atoms with van der Waals surface area (Å²) in [6, 6.07) is 0. The number of nitrogens with zero attached hydrogens (tertiary/aromatic N) is 2. The molecule has 0 unspecified atom stereocenters. The van der Waals surface area contributed by atoms with Crippen LogP contribution in [0.4, 0.5) is 0 Å². The van der Waals surface area contributed by atoms with E-state index in [4.69, 9.17) is 0 Å². The fourth-order valence-electron chi connectivity index (χ4n) is 0.969. The van der Waals surface area contributed by atoms with Gasteiger partial charge < -0.3 is 0 Å². The molecule has 0 aliphatic heterocycles. The summed E-state index contributed by atoms with van der Waals surface area (Å²) in [5, 5.41) is 0. The normalized spacial score (nSPS) is 13.5. The van der Waals surface area contributed by atoms with Gasteiger partial charge in [0.2, 0.25) is 0 Å². The number of aliphatic imine (C=N–C) groups is 1. The molecule has 0 saturated heterocycles. The van der Waals surface area contributed by atoms with Crippen molar-refractivity contribution >= 4 is 5.71 Å². The Balaban J connectivity index is 4.65. The van der Waals surface area contributed by atoms with Crippen LogP contribution in [0.1, 0.15) is 27.2 Å². The van der Waals surface area contributed by atoms with E-state index in [1.807, 2.05) is 6.08 Å². The molecule has 0 radical (unpaired) electrons. The maximum absolute atomic E-state index is 4.51. The molecular weight excluding hydrogens is 160 g/mol. The van der Waals surface area contributed by atoms with Crippen molar-refractivity contribution in [3.8, 4) is 0 Å². The van der Waals surface area contributed by atoms with E-state index in [1.165, 1.54) is 0 Å². The molecule has 0 atom stereocenters. The average Bonchev–Trinajstić information content (AvgIpc) is 2.05. The lowest BCUT2D eigenvalue weighted by molar-refractivity contribution is 0.274. The number of hydrogen-bond acceptors (Lipinski definition) is 2. The molecule has 0 amide bonds. The Morgan fingerprint density at radius 1 is 1.46 bits per heavy atom. The van der Waals surface area contributed by atoms with Crippen molar-refractivity contribution in [1.82, 2.24) is 4.90 Å². The first-order chi connectivity index (χ1) is 5.96. The molecule has 0 fully saturated rings. The summed E-state index contributed by atoms with van der Waals surface area (Å²) >= 11 is 0. The highest BCUT2D eigenvalue weighted by Crippen LogP contribution is 2.13. The second-order valence-corrected chi connectivity index (χ2v) is 3.92. The lowest BCUT2D eigenvalue weighted by Crippen LogP contribution is -2.45. The summed E-state index contributed by atoms with van der Waals surface area (Å²) in [6.07, 6.45) is 2.94. The molecule has 0 aromatic rings. The molecule has 0 spiro atoms. The largest absolute Gasteiger partial charge is 0.299 e. The number of rotatable bonds is 5. The third kappa shape index (κ3) is 3.31. The quantitative estimate of drug-likeness (QED) is 0.596. The van der Waals surface area contributed by atoms with Crippen LogP contribution in [0, 0.1) is 0 Å². The fourth-order valence-corrected chi connectivity index (χ4v) is 0.969. The van der Waals surface area contributed by atoms with Crippen molar-refractivity contribution < 1.29 is 0 Å². The average molecular weight is 182 g/mol. The molecule has 13 heavy (non-hydrogen) atoms. The molecule has 0 aliphatic rings. The Bertz CT molecular complexity index is 190. The fraction of sp³-hybridized carbons (Fsp3) is 0.727. The number of hydrogen-bond donors (Lipinski definition) is 0. The van der Waals surface area contributed by atoms with Gasteiger partial charge in [-0.15, -0.1) is 0 Å². The van der Waals surface area contributed by atoms with Crippen molar-refractivity contribution in [3.05, 3.63) is 12.7 Å². The van der Waals surface area contributed by atoms with Crippen LogP contribution in [0.2, 0.25) is 0 Å². The Kier molecular flexibility index (Phi) is 4.92. The summed E-state index contributed by atoms with van der Waals surface area (Å²) in [5.41, 5.74) is 1.05. The van der Waals surface area contributed by atoms with Crippen molar-refractivity contribution in [2.45, 2.75) is 32.7 Å². The van der Waals surface area contributed by atoms with E-state index < -0.39 is 0 Å². The van der Waals surface area contributed by atoms with Gasteiger partial charge in [0.15, 0.2) is 0 Å². The van der Waals surface area contributed by atoms with E-state index in [-0.39, 0.29) is 5.54 Å². The molecule has 0 bridgehead atoms. The minimum absolute atomic E-state index is 0.0169. The highest BCUT2D eigenvalue weighted by molar-refractivity contribution is 6.01. The van der Waals surface area contributed by atoms with Crippen LogP contribution in [0.5, 0.6) is 0 Å². The van der Waals surface area contributed by atoms with Crippen molar-refractivity contribution in [1.29, 1.82) is 0 Å². The summed E-state index contributed by atoms with van der Waals surface area (Å²) in [6.45, 7) is 11.1. The van der Waals surface area contributed by atoms with Gasteiger partial charge in [-0.2, -0.15) is 0 Å². The van der Waals surface area contributed by atoms with E-state index in [9.17, 15) is 0 Å². The van der Waals surface area contributed by atoms with Gasteiger partial charge in [-0.3, -0.25) is 9.89 Å². The van der Waals surface area contributed by atoms with Crippen LogP contribution >= 0.6 is 0 Å². The third-order valence-corrected chi connectivity index (χ3v) is 2.44. The Hall–Kier alpha value is -0.630. The van der Waals surface area contributed by atoms with Crippen LogP contribution in [-0.4, -0.2) is 36.8 Å². The molecule has 2 nitrogen and oxygen atoms in total. The first-order valence-electron chi connectivity index (χ1n) is 4.81. The van der Waals surface area contributed by atoms with Crippen LogP contribution in [0.3, 0.4) is 0 Å². The predicted octanol–water partition coefficient (Wildman–Crippen LogP) is 2.36. The van der Waals surface area contributed by atoms with E-state index in [0.717, 1.165) is 18.7 Å². The van der Waals surface area contributed by atoms with Gasteiger partial charge in [0.25, 0.3) is 0 Å². The van der Waals surface area contributed by atoms with Crippen LogP contribution in [-0.2, 0) is 0 Å². The predicted molar refractivity (Wildman–Crippen MR) is 60.6 cm³/mol. The van der Waals surface area contributed by atoms with Crippen molar-refractivity contribution in [2.24, 2.45) is 4.99 Å². The molecular formula is C11H22N2. The van der Waals surface area contributed by atoms with E-state index in [0.29, 0.717) is 0 Å². The molecule has 0 N–H and O–H groups in total. The van der Waals surface area contributed by atoms with Crippen LogP contribution in [0.25, 0.3) is 0 Å². The lowest BCUT2D eigenvalue weighted by Gasteiger charge is -2.32. The van der Waals surface area contributed by atoms with Crippen LogP contribution < -0.4 is 0 Å². The monoisotopic (exact) mass is 182 g/mol. The lowest BCUT2D eigenvalue weighted by atomic mass is 9.96. The topological polar surface area (TPSA) is 15.6 Å². The molecule has 0 heterocycles. The molecule has 2 heteroatoms. The SMILES string of the molecule is C=CC(=NCCC)C(C)(C)N(C)C. The van der Waals surface area contributed by atoms with Gasteiger partial charge in [0.1, 0.15) is 0 Å². The van der Waals surface area contributed by atoms with Crippen molar-refractivity contribution in [3.63, 3.8) is 0 Å². The maximum Gasteiger partial charge on any atom is 0.0566 e. The molecule has 0 aromatic heterocycles. The Morgan fingerprint density at radius 3 is 2.31 bits per heavy atom. The van der Waals surface area contributed by atoms with Crippen LogP contribution in [0.15, 0.2) is 17.6 Å². The van der Waals surface area contributed by atoms with Gasteiger partial charge >= 0.3 is 0 Å². The van der Waals surface area contributed by atoms with Gasteiger partial charge in [-0.05, 0) is 40.4 Å². The standard InChI is InChI=1S/C11H22N2/c1-7-9-12-10(8-2)11(3,4)13(5)6/h8H,2,7,9H2,1,3-6H3. The van der Waals surface area contributed by atoms with Gasteiger partial charge in [0.05, 0.1) is 11.3 Å². The smallest absolute Gasteiger partial charge is 0.0566 e. The Labute approximate surface area is 82.4 Å². The van der Waals surface area contributed by atoms with Gasteiger partial charge in [-0.25, -0.2) is 0 Å². The summed E-state index contributed by atoms with van der Waals surface area (Å²) < 4.78 is 0. The molecule has 0 aliphatic carbocycles. The zero-order valence-electron chi connectivity index (χ0n) is 9.59. The third-order valence-electron chi connectivity index (χ3n) is 2.44. The highest BCUT2D eigenvalue weighted by atomic mass is 15.1. The van der Waals surface area contributed by atoms with Gasteiger partial charge in [-0.1, -0.05) is 13.5 Å². The minimum Gasteiger partial charge on any atom is -0.299 e. The first-order valence-corrected chi connectivity index (χ1v) is 4.81. The maximum atomic E-state index is 4.51. The zero-order valence-corrected chi connectivity index (χ0v) is 9.59. The van der Waals surface area contributed by atoms with Crippen molar-refractivity contribution in [2.75, 3.05) is 20.6 Å². The first kappa shape index (κ1) is 12.4. The molecule has 0 rings (SSSR count). The van der Waals surface area contributed by atoms with Gasteiger partial charge in [0, 0.05) is 6.54 Å². The minimum atomic E-state index is -0.0169. The molecule has 0 saturated carbocycles. The highest BCUT2D eigenvalue weighted by Gasteiger charge is 2.24. The van der Waals surface area contributed by atoms with E-state index in [1.54, 1.807) is 0 Å². The second-order valence-electron chi connectivity index (χ2n) is 3.92. The molecule has 76 valence electrons. The van der Waals surface area contributed by atoms with E-state index in [2.05, 4.69) is 51.3 Å². The summed E-state index contributed by atoms with van der Waals surface area (Å²) in [5.74, 6) is 0. The molecule has 0 aromatic carbocycles. The summed E-state index contributed by atoms with van der Waals surface area (Å²) in [4.78, 5) is 6.67. The summed E-state index contributed by atoms with van der Waals surface area (Å²) in [7, 11) is 4.12. The van der Waals surface area contributed by atoms with E-state index >= 15 is 0 Å². The zero-order chi connectivity index (χ0) is 10.5.